The average Bonchev–Trinajstić information content (AvgIpc) is 3.52. The third kappa shape index (κ3) is 4.41. The van der Waals surface area contributed by atoms with Crippen LogP contribution < -0.4 is 14.2 Å². The summed E-state index contributed by atoms with van der Waals surface area (Å²) in [5.41, 5.74) is 2.56. The van der Waals surface area contributed by atoms with Crippen LogP contribution in [-0.2, 0) is 0 Å². The lowest BCUT2D eigenvalue weighted by Gasteiger charge is -2.31. The summed E-state index contributed by atoms with van der Waals surface area (Å²) in [5, 5.41) is 8.44. The summed E-state index contributed by atoms with van der Waals surface area (Å²) in [6.07, 6.45) is 1.45. The van der Waals surface area contributed by atoms with E-state index in [1.54, 1.807) is 20.3 Å². The summed E-state index contributed by atoms with van der Waals surface area (Å²) >= 11 is 7.71. The highest BCUT2D eigenvalue weighted by Gasteiger charge is 2.27. The maximum Gasteiger partial charge on any atom is 0.274 e. The fourth-order valence-corrected chi connectivity index (χ4v) is 5.20. The van der Waals surface area contributed by atoms with Crippen LogP contribution in [0.15, 0.2) is 42.5 Å². The van der Waals surface area contributed by atoms with E-state index >= 15 is 0 Å². The van der Waals surface area contributed by atoms with Gasteiger partial charge in [0.05, 0.1) is 29.6 Å². The number of hydrogen-bond donors (Lipinski definition) is 1. The Balaban J connectivity index is 1.23. The predicted octanol–water partition coefficient (Wildman–Crippen LogP) is 5.04. The van der Waals surface area contributed by atoms with Crippen molar-refractivity contribution in [1.29, 1.82) is 0 Å². The van der Waals surface area contributed by atoms with Crippen LogP contribution in [-0.4, -0.2) is 59.4 Å². The topological polar surface area (TPSA) is 89.6 Å². The number of thiazole rings is 1. The normalized spacial score (nSPS) is 14.4. The zero-order valence-electron chi connectivity index (χ0n) is 18.7. The van der Waals surface area contributed by atoms with Gasteiger partial charge < -0.3 is 19.1 Å². The van der Waals surface area contributed by atoms with Crippen molar-refractivity contribution in [3.05, 3.63) is 53.2 Å². The molecule has 10 heteroatoms. The van der Waals surface area contributed by atoms with Crippen LogP contribution in [0, 0.1) is 0 Å². The highest BCUT2D eigenvalue weighted by atomic mass is 35.5. The van der Waals surface area contributed by atoms with Crippen molar-refractivity contribution in [2.45, 2.75) is 18.9 Å². The van der Waals surface area contributed by atoms with E-state index in [1.807, 2.05) is 41.3 Å². The molecule has 0 saturated carbocycles. The molecule has 0 spiro atoms. The summed E-state index contributed by atoms with van der Waals surface area (Å²) in [6.45, 7) is 1.18. The second kappa shape index (κ2) is 9.52. The number of methoxy groups -OCH3 is 2. The van der Waals surface area contributed by atoms with Crippen molar-refractivity contribution in [1.82, 2.24) is 20.1 Å². The molecule has 1 saturated heterocycles. The number of carbonyl (C=O) groups is 1. The van der Waals surface area contributed by atoms with Crippen LogP contribution in [0.4, 0.5) is 0 Å². The zero-order valence-corrected chi connectivity index (χ0v) is 20.3. The van der Waals surface area contributed by atoms with Crippen molar-refractivity contribution in [3.63, 3.8) is 0 Å². The van der Waals surface area contributed by atoms with Gasteiger partial charge in [0.2, 0.25) is 0 Å². The number of likely N-dealkylation sites (tertiary alicyclic amines) is 1. The highest BCUT2D eigenvalue weighted by molar-refractivity contribution is 7.20. The molecule has 34 heavy (non-hydrogen) atoms. The number of nitrogens with one attached hydrogen (secondary N) is 1. The standard InChI is InChI=1S/C24H23ClN4O4S/c1-31-15-6-7-20(32-2)16(12-15)18-13-19(28-27-18)23(30)29-10-8-14(9-11-29)33-24-26-22-17(25)4-3-5-21(22)34-24/h3-7,12-14H,8-11H2,1-2H3,(H,27,28). The van der Waals surface area contributed by atoms with E-state index in [4.69, 9.17) is 25.8 Å². The molecule has 1 N–H and O–H groups in total. The number of fused-ring (bicyclic) bond motifs is 1. The lowest BCUT2D eigenvalue weighted by atomic mass is 10.1. The number of nitrogens with zero attached hydrogens (tertiary/aromatic N) is 3. The maximum absolute atomic E-state index is 13.1. The SMILES string of the molecule is COc1ccc(OC)c(-c2cc(C(=O)N3CCC(Oc4nc5c(Cl)cccc5s4)CC3)[nH]n2)c1. The van der Waals surface area contributed by atoms with Crippen molar-refractivity contribution < 1.29 is 19.0 Å². The van der Waals surface area contributed by atoms with Crippen LogP contribution in [0.2, 0.25) is 5.02 Å². The van der Waals surface area contributed by atoms with Gasteiger partial charge in [0.25, 0.3) is 11.1 Å². The Labute approximate surface area is 205 Å². The number of rotatable bonds is 6. The largest absolute Gasteiger partial charge is 0.497 e. The minimum absolute atomic E-state index is 0.00163. The Bertz CT molecular complexity index is 1330. The highest BCUT2D eigenvalue weighted by Crippen LogP contribution is 2.34. The fraction of sp³-hybridized carbons (Fsp3) is 0.292. The summed E-state index contributed by atoms with van der Waals surface area (Å²) in [6, 6.07) is 12.9. The lowest BCUT2D eigenvalue weighted by Crippen LogP contribution is -2.41. The molecule has 1 aliphatic heterocycles. The van der Waals surface area contributed by atoms with Gasteiger partial charge in [-0.1, -0.05) is 29.0 Å². The molecule has 0 bridgehead atoms. The lowest BCUT2D eigenvalue weighted by molar-refractivity contribution is 0.0590. The second-order valence-corrected chi connectivity index (χ2v) is 9.31. The van der Waals surface area contributed by atoms with Gasteiger partial charge in [0.15, 0.2) is 0 Å². The first kappa shape index (κ1) is 22.5. The fourth-order valence-electron chi connectivity index (χ4n) is 4.02. The van der Waals surface area contributed by atoms with Crippen molar-refractivity contribution >= 4 is 39.1 Å². The molecular formula is C24H23ClN4O4S. The van der Waals surface area contributed by atoms with E-state index < -0.39 is 0 Å². The van der Waals surface area contributed by atoms with Gasteiger partial charge in [-0.25, -0.2) is 4.98 Å². The predicted molar refractivity (Wildman–Crippen MR) is 131 cm³/mol. The maximum atomic E-state index is 13.1. The van der Waals surface area contributed by atoms with Gasteiger partial charge in [-0.05, 0) is 36.4 Å². The molecule has 1 amide bonds. The molecule has 3 heterocycles. The Morgan fingerprint density at radius 2 is 1.97 bits per heavy atom. The number of benzene rings is 2. The van der Waals surface area contributed by atoms with Crippen molar-refractivity contribution in [2.24, 2.45) is 0 Å². The molecule has 0 unspecified atom stereocenters. The first-order chi connectivity index (χ1) is 16.6. The zero-order chi connectivity index (χ0) is 23.7. The van der Waals surface area contributed by atoms with Crippen molar-refractivity contribution in [2.75, 3.05) is 27.3 Å². The number of hydrogen-bond acceptors (Lipinski definition) is 7. The Morgan fingerprint density at radius 1 is 1.15 bits per heavy atom. The molecule has 4 aromatic rings. The molecule has 2 aromatic heterocycles. The van der Waals surface area contributed by atoms with Gasteiger partial charge in [-0.3, -0.25) is 9.89 Å². The summed E-state index contributed by atoms with van der Waals surface area (Å²) < 4.78 is 17.9. The number of halogens is 1. The number of para-hydroxylation sites is 1. The third-order valence-electron chi connectivity index (χ3n) is 5.84. The summed E-state index contributed by atoms with van der Waals surface area (Å²) in [5.74, 6) is 1.25. The van der Waals surface area contributed by atoms with Gasteiger partial charge in [-0.2, -0.15) is 5.10 Å². The van der Waals surface area contributed by atoms with E-state index in [0.29, 0.717) is 46.2 Å². The second-order valence-electron chi connectivity index (χ2n) is 7.91. The molecule has 8 nitrogen and oxygen atoms in total. The number of amides is 1. The van der Waals surface area contributed by atoms with E-state index in [2.05, 4.69) is 15.2 Å². The molecule has 5 rings (SSSR count). The van der Waals surface area contributed by atoms with Crippen LogP contribution in [0.1, 0.15) is 23.3 Å². The number of aromatic nitrogens is 3. The molecule has 0 radical (unpaired) electrons. The first-order valence-corrected chi connectivity index (χ1v) is 12.0. The van der Waals surface area contributed by atoms with Crippen LogP contribution >= 0.6 is 22.9 Å². The van der Waals surface area contributed by atoms with E-state index in [9.17, 15) is 4.79 Å². The average molecular weight is 499 g/mol. The number of piperidine rings is 1. The Hall–Kier alpha value is -3.30. The van der Waals surface area contributed by atoms with Gasteiger partial charge in [-0.15, -0.1) is 0 Å². The molecule has 1 aliphatic rings. The molecule has 0 atom stereocenters. The van der Waals surface area contributed by atoms with E-state index in [1.165, 1.54) is 11.3 Å². The Kier molecular flexibility index (Phi) is 6.30. The molecule has 1 fully saturated rings. The molecular weight excluding hydrogens is 476 g/mol. The third-order valence-corrected chi connectivity index (χ3v) is 7.05. The van der Waals surface area contributed by atoms with E-state index in [-0.39, 0.29) is 12.0 Å². The number of H-pyrrole nitrogens is 1. The first-order valence-electron chi connectivity index (χ1n) is 10.8. The van der Waals surface area contributed by atoms with Crippen LogP contribution in [0.3, 0.4) is 0 Å². The number of carbonyl (C=O) groups excluding carboxylic acids is 1. The van der Waals surface area contributed by atoms with Crippen LogP contribution in [0.5, 0.6) is 16.7 Å². The minimum Gasteiger partial charge on any atom is -0.497 e. The summed E-state index contributed by atoms with van der Waals surface area (Å²) in [4.78, 5) is 19.4. The van der Waals surface area contributed by atoms with Gasteiger partial charge >= 0.3 is 0 Å². The van der Waals surface area contributed by atoms with Gasteiger partial charge in [0.1, 0.15) is 28.8 Å². The minimum atomic E-state index is -0.0918. The molecule has 2 aromatic carbocycles. The smallest absolute Gasteiger partial charge is 0.274 e. The molecule has 176 valence electrons. The number of ether oxygens (including phenoxy) is 3. The number of aromatic amines is 1. The van der Waals surface area contributed by atoms with Crippen molar-refractivity contribution in [3.8, 4) is 28.0 Å². The quantitative estimate of drug-likeness (QED) is 0.400. The Morgan fingerprint density at radius 3 is 2.71 bits per heavy atom. The van der Waals surface area contributed by atoms with Gasteiger partial charge in [0, 0.05) is 31.5 Å². The van der Waals surface area contributed by atoms with Crippen LogP contribution in [0.25, 0.3) is 21.5 Å². The monoisotopic (exact) mass is 498 g/mol. The summed E-state index contributed by atoms with van der Waals surface area (Å²) in [7, 11) is 3.20. The molecule has 0 aliphatic carbocycles. The van der Waals surface area contributed by atoms with E-state index in [0.717, 1.165) is 28.6 Å².